The molecule has 2 atom stereocenters. The van der Waals surface area contributed by atoms with Crippen molar-refractivity contribution in [2.75, 3.05) is 25.1 Å². The average Bonchev–Trinajstić information content (AvgIpc) is 2.79. The zero-order chi connectivity index (χ0) is 14.0. The minimum atomic E-state index is -0.342. The molecule has 1 aliphatic heterocycles. The molecule has 0 radical (unpaired) electrons. The molecule has 104 valence electrons. The third-order valence-electron chi connectivity index (χ3n) is 3.77. The van der Waals surface area contributed by atoms with Crippen molar-refractivity contribution in [3.63, 3.8) is 0 Å². The summed E-state index contributed by atoms with van der Waals surface area (Å²) in [5.74, 6) is 1.09. The van der Waals surface area contributed by atoms with Crippen molar-refractivity contribution >= 4 is 11.8 Å². The Kier molecular flexibility index (Phi) is 4.04. The molecule has 0 spiro atoms. The van der Waals surface area contributed by atoms with Crippen LogP contribution in [0.5, 0.6) is 0 Å². The Hall–Kier alpha value is -1.62. The van der Waals surface area contributed by atoms with Crippen LogP contribution in [0.15, 0.2) is 12.1 Å². The quantitative estimate of drug-likeness (QED) is 0.834. The molecule has 1 aliphatic rings. The highest BCUT2D eigenvalue weighted by molar-refractivity contribution is 5.90. The van der Waals surface area contributed by atoms with Crippen molar-refractivity contribution in [3.8, 4) is 0 Å². The maximum Gasteiger partial charge on any atom is 0.339 e. The Bertz CT molecular complexity index is 476. The highest BCUT2D eigenvalue weighted by atomic mass is 16.5. The first-order valence-corrected chi connectivity index (χ1v) is 6.59. The predicted molar refractivity (Wildman–Crippen MR) is 74.3 cm³/mol. The number of rotatable bonds is 3. The highest BCUT2D eigenvalue weighted by Crippen LogP contribution is 2.27. The minimum absolute atomic E-state index is 0.342. The summed E-state index contributed by atoms with van der Waals surface area (Å²) in [6.07, 6.45) is 1.09. The molecule has 1 fully saturated rings. The van der Waals surface area contributed by atoms with Crippen LogP contribution in [0.2, 0.25) is 0 Å². The van der Waals surface area contributed by atoms with Gasteiger partial charge in [0.25, 0.3) is 0 Å². The van der Waals surface area contributed by atoms with Crippen LogP contribution in [0.1, 0.15) is 29.4 Å². The summed E-state index contributed by atoms with van der Waals surface area (Å²) in [6, 6.07) is 4.10. The van der Waals surface area contributed by atoms with Crippen molar-refractivity contribution in [2.24, 2.45) is 11.7 Å². The number of carbonyl (C=O) groups excluding carboxylic acids is 1. The number of nitrogens with two attached hydrogens (primary N) is 1. The Morgan fingerprint density at radius 2 is 2.32 bits per heavy atom. The Labute approximate surface area is 113 Å². The van der Waals surface area contributed by atoms with Gasteiger partial charge in [-0.05, 0) is 44.9 Å². The van der Waals surface area contributed by atoms with E-state index >= 15 is 0 Å². The van der Waals surface area contributed by atoms with Gasteiger partial charge in [-0.25, -0.2) is 9.78 Å². The van der Waals surface area contributed by atoms with Crippen LogP contribution in [0.25, 0.3) is 0 Å². The molecular weight excluding hydrogens is 242 g/mol. The number of hydrogen-bond acceptors (Lipinski definition) is 5. The SMILES string of the molecule is COC(=O)c1ccc(N2CC(CN)CC2C)nc1C. The maximum absolute atomic E-state index is 11.5. The van der Waals surface area contributed by atoms with E-state index in [9.17, 15) is 4.79 Å². The molecule has 2 heterocycles. The summed E-state index contributed by atoms with van der Waals surface area (Å²) < 4.78 is 4.73. The highest BCUT2D eigenvalue weighted by Gasteiger charge is 2.29. The second kappa shape index (κ2) is 5.57. The number of carbonyl (C=O) groups is 1. The lowest BCUT2D eigenvalue weighted by Gasteiger charge is -2.23. The van der Waals surface area contributed by atoms with Gasteiger partial charge >= 0.3 is 5.97 Å². The summed E-state index contributed by atoms with van der Waals surface area (Å²) in [6.45, 7) is 5.65. The van der Waals surface area contributed by atoms with E-state index in [1.54, 1.807) is 6.07 Å². The molecule has 1 aromatic rings. The summed E-state index contributed by atoms with van der Waals surface area (Å²) in [5.41, 5.74) is 6.96. The summed E-state index contributed by atoms with van der Waals surface area (Å²) in [7, 11) is 1.38. The Morgan fingerprint density at radius 1 is 1.58 bits per heavy atom. The van der Waals surface area contributed by atoms with Gasteiger partial charge in [-0.2, -0.15) is 0 Å². The van der Waals surface area contributed by atoms with Crippen LogP contribution in [-0.2, 0) is 4.74 Å². The van der Waals surface area contributed by atoms with Gasteiger partial charge in [0.05, 0.1) is 18.4 Å². The van der Waals surface area contributed by atoms with Crippen LogP contribution in [0, 0.1) is 12.8 Å². The number of nitrogens with zero attached hydrogens (tertiary/aromatic N) is 2. The number of methoxy groups -OCH3 is 1. The normalized spacial score (nSPS) is 22.6. The molecule has 5 heteroatoms. The standard InChI is InChI=1S/C14H21N3O2/c1-9-6-11(7-15)8-17(9)13-5-4-12(10(2)16-13)14(18)19-3/h4-5,9,11H,6-8,15H2,1-3H3. The summed E-state index contributed by atoms with van der Waals surface area (Å²) in [4.78, 5) is 18.3. The van der Waals surface area contributed by atoms with Crippen LogP contribution in [0.4, 0.5) is 5.82 Å². The lowest BCUT2D eigenvalue weighted by molar-refractivity contribution is 0.0599. The smallest absolute Gasteiger partial charge is 0.339 e. The van der Waals surface area contributed by atoms with Gasteiger partial charge in [-0.3, -0.25) is 0 Å². The molecule has 0 amide bonds. The van der Waals surface area contributed by atoms with Crippen molar-refractivity contribution in [2.45, 2.75) is 26.3 Å². The zero-order valence-electron chi connectivity index (χ0n) is 11.7. The van der Waals surface area contributed by atoms with E-state index < -0.39 is 0 Å². The minimum Gasteiger partial charge on any atom is -0.465 e. The van der Waals surface area contributed by atoms with Crippen molar-refractivity contribution in [3.05, 3.63) is 23.4 Å². The third kappa shape index (κ3) is 2.71. The molecule has 0 aliphatic carbocycles. The van der Waals surface area contributed by atoms with E-state index in [4.69, 9.17) is 10.5 Å². The van der Waals surface area contributed by atoms with E-state index in [-0.39, 0.29) is 5.97 Å². The molecule has 5 nitrogen and oxygen atoms in total. The van der Waals surface area contributed by atoms with Gasteiger partial charge in [0.2, 0.25) is 0 Å². The van der Waals surface area contributed by atoms with Gasteiger partial charge in [0.1, 0.15) is 5.82 Å². The van der Waals surface area contributed by atoms with Crippen LogP contribution >= 0.6 is 0 Å². The average molecular weight is 263 g/mol. The topological polar surface area (TPSA) is 68.5 Å². The van der Waals surface area contributed by atoms with Gasteiger partial charge in [0.15, 0.2) is 0 Å². The fourth-order valence-corrected chi connectivity index (χ4v) is 2.67. The maximum atomic E-state index is 11.5. The fourth-order valence-electron chi connectivity index (χ4n) is 2.67. The number of aryl methyl sites for hydroxylation is 1. The second-order valence-electron chi connectivity index (χ2n) is 5.13. The van der Waals surface area contributed by atoms with E-state index in [1.165, 1.54) is 7.11 Å². The van der Waals surface area contributed by atoms with Gasteiger partial charge in [-0.15, -0.1) is 0 Å². The number of esters is 1. The lowest BCUT2D eigenvalue weighted by atomic mass is 10.1. The Balaban J connectivity index is 2.23. The molecule has 1 saturated heterocycles. The molecule has 2 rings (SSSR count). The lowest BCUT2D eigenvalue weighted by Crippen LogP contribution is -2.28. The first-order chi connectivity index (χ1) is 9.06. The number of ether oxygens (including phenoxy) is 1. The summed E-state index contributed by atoms with van der Waals surface area (Å²) in [5, 5.41) is 0. The zero-order valence-corrected chi connectivity index (χ0v) is 11.7. The fraction of sp³-hybridized carbons (Fsp3) is 0.571. The number of hydrogen-bond donors (Lipinski definition) is 1. The Morgan fingerprint density at radius 3 is 2.84 bits per heavy atom. The molecule has 2 N–H and O–H groups in total. The van der Waals surface area contributed by atoms with Crippen LogP contribution in [-0.4, -0.2) is 37.2 Å². The van der Waals surface area contributed by atoms with Crippen LogP contribution < -0.4 is 10.6 Å². The van der Waals surface area contributed by atoms with E-state index in [0.717, 1.165) is 18.8 Å². The van der Waals surface area contributed by atoms with Gasteiger partial charge in [0, 0.05) is 12.6 Å². The van der Waals surface area contributed by atoms with Gasteiger partial charge in [-0.1, -0.05) is 0 Å². The van der Waals surface area contributed by atoms with Crippen molar-refractivity contribution < 1.29 is 9.53 Å². The molecule has 0 bridgehead atoms. The molecule has 0 saturated carbocycles. The van der Waals surface area contributed by atoms with E-state index in [1.807, 2.05) is 13.0 Å². The van der Waals surface area contributed by atoms with Gasteiger partial charge < -0.3 is 15.4 Å². The van der Waals surface area contributed by atoms with E-state index in [2.05, 4.69) is 16.8 Å². The molecule has 2 unspecified atom stereocenters. The van der Waals surface area contributed by atoms with Crippen molar-refractivity contribution in [1.82, 2.24) is 4.98 Å². The molecular formula is C14H21N3O2. The van der Waals surface area contributed by atoms with E-state index in [0.29, 0.717) is 29.8 Å². The number of pyridine rings is 1. The third-order valence-corrected chi connectivity index (χ3v) is 3.77. The number of anilines is 1. The largest absolute Gasteiger partial charge is 0.465 e. The molecule has 19 heavy (non-hydrogen) atoms. The monoisotopic (exact) mass is 263 g/mol. The summed E-state index contributed by atoms with van der Waals surface area (Å²) >= 11 is 0. The number of aromatic nitrogens is 1. The first kappa shape index (κ1) is 13.8. The molecule has 0 aromatic carbocycles. The van der Waals surface area contributed by atoms with Crippen molar-refractivity contribution in [1.29, 1.82) is 0 Å². The predicted octanol–water partition coefficient (Wildman–Crippen LogP) is 1.35. The first-order valence-electron chi connectivity index (χ1n) is 6.59. The van der Waals surface area contributed by atoms with Crippen LogP contribution in [0.3, 0.4) is 0 Å². The second-order valence-corrected chi connectivity index (χ2v) is 5.13. The molecule has 1 aromatic heterocycles.